The van der Waals surface area contributed by atoms with E-state index in [-0.39, 0.29) is 11.8 Å². The number of halogens is 1. The normalized spacial score (nSPS) is 13.9. The highest BCUT2D eigenvalue weighted by Gasteiger charge is 2.28. The average molecular weight is 456 g/mol. The van der Waals surface area contributed by atoms with Crippen LogP contribution in [-0.4, -0.2) is 59.9 Å². The zero-order valence-corrected chi connectivity index (χ0v) is 18.9. The van der Waals surface area contributed by atoms with Gasteiger partial charge in [0, 0.05) is 42.3 Å². The van der Waals surface area contributed by atoms with Crippen molar-refractivity contribution in [1.82, 2.24) is 14.8 Å². The van der Waals surface area contributed by atoms with Crippen molar-refractivity contribution < 1.29 is 14.3 Å². The lowest BCUT2D eigenvalue weighted by atomic mass is 10.1. The molecule has 2 heterocycles. The maximum atomic E-state index is 13.1. The molecule has 1 saturated heterocycles. The van der Waals surface area contributed by atoms with E-state index in [1.807, 2.05) is 37.3 Å². The van der Waals surface area contributed by atoms with Crippen molar-refractivity contribution in [2.75, 3.05) is 33.3 Å². The van der Waals surface area contributed by atoms with Crippen LogP contribution < -0.4 is 4.74 Å². The first-order valence-corrected chi connectivity index (χ1v) is 11.1. The number of hydrogen-bond acceptors (Lipinski definition) is 5. The zero-order chi connectivity index (χ0) is 22.0. The van der Waals surface area contributed by atoms with E-state index in [9.17, 15) is 9.59 Å². The first-order valence-electron chi connectivity index (χ1n) is 9.92. The summed E-state index contributed by atoms with van der Waals surface area (Å²) in [7, 11) is 1.58. The second-order valence-corrected chi connectivity index (χ2v) is 8.69. The van der Waals surface area contributed by atoms with Crippen LogP contribution in [0.2, 0.25) is 5.02 Å². The summed E-state index contributed by atoms with van der Waals surface area (Å²) in [6, 6.07) is 14.6. The predicted octanol–water partition coefficient (Wildman–Crippen LogP) is 4.38. The van der Waals surface area contributed by atoms with Gasteiger partial charge < -0.3 is 14.5 Å². The van der Waals surface area contributed by atoms with Crippen LogP contribution in [0.3, 0.4) is 0 Å². The van der Waals surface area contributed by atoms with Gasteiger partial charge in [-0.05, 0) is 37.3 Å². The molecule has 0 spiro atoms. The lowest BCUT2D eigenvalue weighted by Crippen LogP contribution is -2.50. The highest BCUT2D eigenvalue weighted by atomic mass is 35.5. The van der Waals surface area contributed by atoms with E-state index in [1.165, 1.54) is 11.3 Å². The second kappa shape index (κ2) is 9.08. The Balaban J connectivity index is 1.42. The van der Waals surface area contributed by atoms with Crippen LogP contribution in [0.4, 0.5) is 0 Å². The van der Waals surface area contributed by atoms with Gasteiger partial charge in [-0.2, -0.15) is 0 Å². The van der Waals surface area contributed by atoms with E-state index >= 15 is 0 Å². The summed E-state index contributed by atoms with van der Waals surface area (Å²) in [4.78, 5) is 34.7. The third-order valence-electron chi connectivity index (χ3n) is 5.25. The molecule has 2 amide bonds. The van der Waals surface area contributed by atoms with Gasteiger partial charge in [-0.25, -0.2) is 4.98 Å². The Morgan fingerprint density at radius 1 is 1.00 bits per heavy atom. The Hall–Kier alpha value is -2.90. The number of hydrogen-bond donors (Lipinski definition) is 0. The minimum Gasteiger partial charge on any atom is -0.497 e. The number of carbonyl (C=O) groups is 2. The molecule has 2 aromatic carbocycles. The highest BCUT2D eigenvalue weighted by molar-refractivity contribution is 7.17. The van der Waals surface area contributed by atoms with Crippen molar-refractivity contribution in [2.45, 2.75) is 6.92 Å². The molecule has 0 bridgehead atoms. The Bertz CT molecular complexity index is 1110. The molecule has 4 rings (SSSR count). The molecule has 1 aromatic heterocycles. The van der Waals surface area contributed by atoms with Gasteiger partial charge in [0.1, 0.15) is 15.6 Å². The smallest absolute Gasteiger partial charge is 0.265 e. The molecule has 0 N–H and O–H groups in total. The minimum absolute atomic E-state index is 0.0382. The molecule has 0 unspecified atom stereocenters. The lowest BCUT2D eigenvalue weighted by Gasteiger charge is -2.34. The average Bonchev–Trinajstić information content (AvgIpc) is 3.20. The zero-order valence-electron chi connectivity index (χ0n) is 17.3. The van der Waals surface area contributed by atoms with Gasteiger partial charge in [-0.3, -0.25) is 9.59 Å². The summed E-state index contributed by atoms with van der Waals surface area (Å²) in [5, 5.41) is 1.46. The summed E-state index contributed by atoms with van der Waals surface area (Å²) in [5.41, 5.74) is 2.24. The fraction of sp³-hybridized carbons (Fsp3) is 0.261. The number of piperazine rings is 1. The molecule has 1 aliphatic heterocycles. The monoisotopic (exact) mass is 455 g/mol. The van der Waals surface area contributed by atoms with Crippen molar-refractivity contribution in [3.05, 3.63) is 69.7 Å². The Morgan fingerprint density at radius 2 is 1.65 bits per heavy atom. The van der Waals surface area contributed by atoms with Gasteiger partial charge in [0.2, 0.25) is 0 Å². The number of carbonyl (C=O) groups excluding carboxylic acids is 2. The fourth-order valence-corrected chi connectivity index (χ4v) is 4.67. The standard InChI is InChI=1S/C23H22ClN3O3S/c1-15-20(31-21(25-15)16-6-8-18(24)9-7-16)23(29)27-12-10-26(11-13-27)22(28)17-4-3-5-19(14-17)30-2/h3-9,14H,10-13H2,1-2H3. The number of benzene rings is 2. The number of methoxy groups -OCH3 is 1. The molecule has 160 valence electrons. The van der Waals surface area contributed by atoms with Gasteiger partial charge in [-0.1, -0.05) is 29.8 Å². The van der Waals surface area contributed by atoms with Crippen LogP contribution in [0.1, 0.15) is 25.7 Å². The summed E-state index contributed by atoms with van der Waals surface area (Å²) >= 11 is 7.35. The summed E-state index contributed by atoms with van der Waals surface area (Å²) < 4.78 is 5.21. The molecule has 0 aliphatic carbocycles. The molecule has 6 nitrogen and oxygen atoms in total. The number of aromatic nitrogens is 1. The summed E-state index contributed by atoms with van der Waals surface area (Å²) in [5.74, 6) is 0.561. The summed E-state index contributed by atoms with van der Waals surface area (Å²) in [6.07, 6.45) is 0. The van der Waals surface area contributed by atoms with Gasteiger partial charge in [-0.15, -0.1) is 11.3 Å². The Labute approximate surface area is 190 Å². The van der Waals surface area contributed by atoms with E-state index in [4.69, 9.17) is 16.3 Å². The number of amides is 2. The maximum absolute atomic E-state index is 13.1. The molecular formula is C23H22ClN3O3S. The van der Waals surface area contributed by atoms with Crippen molar-refractivity contribution in [1.29, 1.82) is 0 Å². The summed E-state index contributed by atoms with van der Waals surface area (Å²) in [6.45, 7) is 3.81. The molecule has 31 heavy (non-hydrogen) atoms. The molecular weight excluding hydrogens is 434 g/mol. The first kappa shape index (κ1) is 21.3. The topological polar surface area (TPSA) is 62.7 Å². The SMILES string of the molecule is COc1cccc(C(=O)N2CCN(C(=O)c3sc(-c4ccc(Cl)cc4)nc3C)CC2)c1. The van der Waals surface area contributed by atoms with Crippen LogP contribution in [0.25, 0.3) is 10.6 Å². The number of ether oxygens (including phenoxy) is 1. The Morgan fingerprint density at radius 3 is 2.29 bits per heavy atom. The van der Waals surface area contributed by atoms with Gasteiger partial charge in [0.05, 0.1) is 12.8 Å². The number of nitrogens with zero attached hydrogens (tertiary/aromatic N) is 3. The number of rotatable bonds is 4. The van der Waals surface area contributed by atoms with Crippen LogP contribution in [0.5, 0.6) is 5.75 Å². The highest BCUT2D eigenvalue weighted by Crippen LogP contribution is 2.30. The third-order valence-corrected chi connectivity index (χ3v) is 6.70. The van der Waals surface area contributed by atoms with Crippen LogP contribution >= 0.6 is 22.9 Å². The minimum atomic E-state index is -0.0509. The van der Waals surface area contributed by atoms with Crippen LogP contribution in [0.15, 0.2) is 48.5 Å². The van der Waals surface area contributed by atoms with E-state index in [0.717, 1.165) is 16.3 Å². The molecule has 1 aliphatic rings. The quantitative estimate of drug-likeness (QED) is 0.585. The largest absolute Gasteiger partial charge is 0.497 e. The molecule has 8 heteroatoms. The van der Waals surface area contributed by atoms with Crippen molar-refractivity contribution in [2.24, 2.45) is 0 Å². The number of aryl methyl sites for hydroxylation is 1. The number of thiazole rings is 1. The lowest BCUT2D eigenvalue weighted by molar-refractivity contribution is 0.0537. The van der Waals surface area contributed by atoms with Crippen molar-refractivity contribution in [3.8, 4) is 16.3 Å². The fourth-order valence-electron chi connectivity index (χ4n) is 3.51. The van der Waals surface area contributed by atoms with E-state index in [2.05, 4.69) is 4.98 Å². The maximum Gasteiger partial charge on any atom is 0.265 e. The molecule has 1 fully saturated rings. The van der Waals surface area contributed by atoms with Crippen LogP contribution in [0, 0.1) is 6.92 Å². The third kappa shape index (κ3) is 4.57. The van der Waals surface area contributed by atoms with Gasteiger partial charge in [0.15, 0.2) is 0 Å². The van der Waals surface area contributed by atoms with E-state index < -0.39 is 0 Å². The van der Waals surface area contributed by atoms with Crippen LogP contribution in [-0.2, 0) is 0 Å². The van der Waals surface area contributed by atoms with E-state index in [0.29, 0.717) is 47.4 Å². The van der Waals surface area contributed by atoms with Gasteiger partial charge >= 0.3 is 0 Å². The van der Waals surface area contributed by atoms with Crippen molar-refractivity contribution >= 4 is 34.8 Å². The molecule has 0 atom stereocenters. The molecule has 0 saturated carbocycles. The second-order valence-electron chi connectivity index (χ2n) is 7.26. The van der Waals surface area contributed by atoms with Crippen molar-refractivity contribution in [3.63, 3.8) is 0 Å². The molecule has 0 radical (unpaired) electrons. The molecule has 3 aromatic rings. The predicted molar refractivity (Wildman–Crippen MR) is 122 cm³/mol. The first-order chi connectivity index (χ1) is 15.0. The van der Waals surface area contributed by atoms with E-state index in [1.54, 1.807) is 35.1 Å². The van der Waals surface area contributed by atoms with Gasteiger partial charge in [0.25, 0.3) is 11.8 Å². The Kier molecular flexibility index (Phi) is 6.25.